The van der Waals surface area contributed by atoms with Crippen molar-refractivity contribution in [3.05, 3.63) is 60.5 Å². The maximum atomic E-state index is 5.34. The third-order valence-electron chi connectivity index (χ3n) is 3.04. The fraction of sp³-hybridized carbons (Fsp3) is 0.125. The highest BCUT2D eigenvalue weighted by molar-refractivity contribution is 7.98. The molecule has 0 amide bonds. The van der Waals surface area contributed by atoms with Gasteiger partial charge in [-0.3, -0.25) is 0 Å². The minimum Gasteiger partial charge on any atom is -0.363 e. The average molecular weight is 297 g/mol. The molecule has 1 N–H and O–H groups in total. The molecule has 0 aliphatic heterocycles. The third kappa shape index (κ3) is 3.44. The molecule has 3 aromatic rings. The van der Waals surface area contributed by atoms with E-state index in [1.54, 1.807) is 11.8 Å². The zero-order chi connectivity index (χ0) is 14.5. The van der Waals surface area contributed by atoms with E-state index in [0.29, 0.717) is 6.54 Å². The molecule has 0 fully saturated rings. The molecular weight excluding hydrogens is 282 g/mol. The van der Waals surface area contributed by atoms with E-state index in [4.69, 9.17) is 4.52 Å². The summed E-state index contributed by atoms with van der Waals surface area (Å²) >= 11 is 1.67. The van der Waals surface area contributed by atoms with Gasteiger partial charge in [0.05, 0.1) is 6.54 Å². The van der Waals surface area contributed by atoms with Gasteiger partial charge in [0.15, 0.2) is 5.76 Å². The van der Waals surface area contributed by atoms with Crippen molar-refractivity contribution in [1.82, 2.24) is 10.1 Å². The number of thioether (sulfide) groups is 1. The number of hydrogen-bond acceptors (Lipinski definition) is 5. The maximum Gasteiger partial charge on any atom is 0.156 e. The van der Waals surface area contributed by atoms with Crippen LogP contribution in [0.25, 0.3) is 11.3 Å². The second-order valence-corrected chi connectivity index (χ2v) is 5.36. The average Bonchev–Trinajstić information content (AvgIpc) is 3.03. The highest BCUT2D eigenvalue weighted by Gasteiger charge is 2.06. The van der Waals surface area contributed by atoms with Crippen molar-refractivity contribution in [3.8, 4) is 11.3 Å². The lowest BCUT2D eigenvalue weighted by atomic mass is 10.1. The van der Waals surface area contributed by atoms with E-state index >= 15 is 0 Å². The van der Waals surface area contributed by atoms with Gasteiger partial charge < -0.3 is 9.84 Å². The Morgan fingerprint density at radius 3 is 2.71 bits per heavy atom. The molecule has 0 aliphatic rings. The Morgan fingerprint density at radius 1 is 1.14 bits per heavy atom. The van der Waals surface area contributed by atoms with Gasteiger partial charge in [-0.05, 0) is 18.4 Å². The van der Waals surface area contributed by atoms with Gasteiger partial charge in [-0.2, -0.15) is 0 Å². The molecular formula is C16H15N3OS. The molecule has 0 radical (unpaired) electrons. The van der Waals surface area contributed by atoms with Gasteiger partial charge in [-0.15, -0.1) is 11.8 Å². The van der Waals surface area contributed by atoms with Crippen LogP contribution in [-0.4, -0.2) is 16.4 Å². The van der Waals surface area contributed by atoms with Crippen molar-refractivity contribution in [3.63, 3.8) is 0 Å². The Bertz CT molecular complexity index is 695. The topological polar surface area (TPSA) is 51.0 Å². The van der Waals surface area contributed by atoms with E-state index in [2.05, 4.69) is 15.5 Å². The smallest absolute Gasteiger partial charge is 0.156 e. The zero-order valence-electron chi connectivity index (χ0n) is 11.6. The van der Waals surface area contributed by atoms with Crippen molar-refractivity contribution >= 4 is 17.6 Å². The van der Waals surface area contributed by atoms with Gasteiger partial charge in [0.1, 0.15) is 11.5 Å². The summed E-state index contributed by atoms with van der Waals surface area (Å²) < 4.78 is 5.34. The third-order valence-corrected chi connectivity index (χ3v) is 3.76. The second-order valence-electron chi connectivity index (χ2n) is 4.48. The number of benzene rings is 1. The first-order valence-electron chi connectivity index (χ1n) is 6.60. The summed E-state index contributed by atoms with van der Waals surface area (Å²) in [6, 6.07) is 15.9. The molecule has 0 saturated heterocycles. The molecule has 1 aromatic carbocycles. The van der Waals surface area contributed by atoms with Gasteiger partial charge in [-0.25, -0.2) is 4.98 Å². The van der Waals surface area contributed by atoms with E-state index in [0.717, 1.165) is 27.7 Å². The zero-order valence-corrected chi connectivity index (χ0v) is 12.4. The molecule has 0 atom stereocenters. The predicted molar refractivity (Wildman–Crippen MR) is 85.3 cm³/mol. The Balaban J connectivity index is 1.64. The Morgan fingerprint density at radius 2 is 2.00 bits per heavy atom. The molecule has 2 heterocycles. The fourth-order valence-corrected chi connectivity index (χ4v) is 2.29. The van der Waals surface area contributed by atoms with Gasteiger partial charge >= 0.3 is 0 Å². The monoisotopic (exact) mass is 297 g/mol. The largest absolute Gasteiger partial charge is 0.363 e. The van der Waals surface area contributed by atoms with E-state index < -0.39 is 0 Å². The molecule has 0 unspecified atom stereocenters. The summed E-state index contributed by atoms with van der Waals surface area (Å²) in [7, 11) is 0. The number of aromatic nitrogens is 2. The van der Waals surface area contributed by atoms with Crippen molar-refractivity contribution < 1.29 is 4.52 Å². The predicted octanol–water partition coefficient (Wildman–Crippen LogP) is 4.07. The fourth-order valence-electron chi connectivity index (χ4n) is 1.92. The van der Waals surface area contributed by atoms with Crippen LogP contribution in [0.5, 0.6) is 0 Å². The lowest BCUT2D eigenvalue weighted by Crippen LogP contribution is -1.99. The maximum absolute atomic E-state index is 5.34. The van der Waals surface area contributed by atoms with Gasteiger partial charge in [0.2, 0.25) is 0 Å². The summed E-state index contributed by atoms with van der Waals surface area (Å²) in [6.07, 6.45) is 3.88. The van der Waals surface area contributed by atoms with Crippen molar-refractivity contribution in [1.29, 1.82) is 0 Å². The molecule has 0 aliphatic carbocycles. The standard InChI is InChI=1S/C16H15N3OS/c1-21-14-7-8-16(18-11-14)17-10-13-9-15(19-20-13)12-5-3-2-4-6-12/h2-9,11H,10H2,1H3,(H,17,18). The van der Waals surface area contributed by atoms with Gasteiger partial charge in [0.25, 0.3) is 0 Å². The van der Waals surface area contributed by atoms with Crippen LogP contribution in [0.2, 0.25) is 0 Å². The van der Waals surface area contributed by atoms with Crippen LogP contribution in [0.4, 0.5) is 5.82 Å². The Labute approximate surface area is 127 Å². The van der Waals surface area contributed by atoms with Crippen LogP contribution in [0.15, 0.2) is 64.1 Å². The molecule has 21 heavy (non-hydrogen) atoms. The summed E-state index contributed by atoms with van der Waals surface area (Å²) in [5.41, 5.74) is 1.90. The number of rotatable bonds is 5. The molecule has 5 heteroatoms. The molecule has 0 bridgehead atoms. The summed E-state index contributed by atoms with van der Waals surface area (Å²) in [5.74, 6) is 1.61. The minimum atomic E-state index is 0.561. The van der Waals surface area contributed by atoms with Crippen LogP contribution in [0, 0.1) is 0 Å². The first-order valence-corrected chi connectivity index (χ1v) is 7.82. The van der Waals surface area contributed by atoms with Crippen LogP contribution in [0.3, 0.4) is 0 Å². The molecule has 3 rings (SSSR count). The van der Waals surface area contributed by atoms with E-state index in [1.165, 1.54) is 0 Å². The molecule has 0 saturated carbocycles. The van der Waals surface area contributed by atoms with Crippen LogP contribution in [-0.2, 0) is 6.54 Å². The Hall–Kier alpha value is -2.27. The SMILES string of the molecule is CSc1ccc(NCc2cc(-c3ccccc3)no2)nc1. The van der Waals surface area contributed by atoms with Crippen LogP contribution >= 0.6 is 11.8 Å². The normalized spacial score (nSPS) is 10.5. The number of nitrogens with zero attached hydrogens (tertiary/aromatic N) is 2. The summed E-state index contributed by atoms with van der Waals surface area (Å²) in [4.78, 5) is 5.48. The first kappa shape index (κ1) is 13.7. The summed E-state index contributed by atoms with van der Waals surface area (Å²) in [5, 5.41) is 7.31. The minimum absolute atomic E-state index is 0.561. The molecule has 4 nitrogen and oxygen atoms in total. The number of anilines is 1. The highest BCUT2D eigenvalue weighted by atomic mass is 32.2. The van der Waals surface area contributed by atoms with Gasteiger partial charge in [-0.1, -0.05) is 35.5 Å². The van der Waals surface area contributed by atoms with Crippen LogP contribution < -0.4 is 5.32 Å². The second kappa shape index (κ2) is 6.45. The first-order chi connectivity index (χ1) is 10.3. The molecule has 2 aromatic heterocycles. The number of pyridine rings is 1. The highest BCUT2D eigenvalue weighted by Crippen LogP contribution is 2.19. The van der Waals surface area contributed by atoms with Crippen LogP contribution in [0.1, 0.15) is 5.76 Å². The Kier molecular flexibility index (Phi) is 4.21. The van der Waals surface area contributed by atoms with E-state index in [1.807, 2.05) is 61.0 Å². The van der Waals surface area contributed by atoms with Crippen molar-refractivity contribution in [2.24, 2.45) is 0 Å². The molecule has 0 spiro atoms. The number of nitrogens with one attached hydrogen (secondary N) is 1. The molecule has 106 valence electrons. The lowest BCUT2D eigenvalue weighted by Gasteiger charge is -2.03. The van der Waals surface area contributed by atoms with Crippen molar-refractivity contribution in [2.75, 3.05) is 11.6 Å². The van der Waals surface area contributed by atoms with Gasteiger partial charge in [0, 0.05) is 22.7 Å². The summed E-state index contributed by atoms with van der Waals surface area (Å²) in [6.45, 7) is 0.561. The van der Waals surface area contributed by atoms with E-state index in [9.17, 15) is 0 Å². The lowest BCUT2D eigenvalue weighted by molar-refractivity contribution is 0.390. The quantitative estimate of drug-likeness (QED) is 0.719. The van der Waals surface area contributed by atoms with Crippen molar-refractivity contribution in [2.45, 2.75) is 11.4 Å². The number of hydrogen-bond donors (Lipinski definition) is 1. The van der Waals surface area contributed by atoms with E-state index in [-0.39, 0.29) is 0 Å².